The number of aromatic nitrogens is 1. The van der Waals surface area contributed by atoms with Crippen molar-refractivity contribution in [2.24, 2.45) is 5.73 Å². The molecule has 0 atom stereocenters. The second kappa shape index (κ2) is 6.99. The number of amides is 1. The second-order valence-corrected chi connectivity index (χ2v) is 5.34. The highest BCUT2D eigenvalue weighted by atomic mass is 79.9. The largest absolute Gasteiger partial charge is 0.366 e. The number of nitrogens with two attached hydrogens (primary N) is 1. The zero-order valence-corrected chi connectivity index (χ0v) is 13.2. The van der Waals surface area contributed by atoms with Crippen LogP contribution in [0.5, 0.6) is 0 Å². The van der Waals surface area contributed by atoms with Gasteiger partial charge in [-0.1, -0.05) is 46.3 Å². The average molecular weight is 343 g/mol. The molecule has 1 aromatic heterocycles. The molecule has 0 saturated heterocycles. The van der Waals surface area contributed by atoms with Crippen molar-refractivity contribution in [3.05, 3.63) is 76.4 Å². The monoisotopic (exact) mass is 342 g/mol. The predicted octanol–water partition coefficient (Wildman–Crippen LogP) is 4.09. The summed E-state index contributed by atoms with van der Waals surface area (Å²) in [6, 6.07) is 17.2. The first kappa shape index (κ1) is 15.2. The van der Waals surface area contributed by atoms with Gasteiger partial charge in [-0.05, 0) is 36.8 Å². The highest BCUT2D eigenvalue weighted by Gasteiger charge is 2.00. The molecule has 2 aromatic carbocycles. The van der Waals surface area contributed by atoms with E-state index in [0.717, 1.165) is 20.9 Å². The van der Waals surface area contributed by atoms with Crippen molar-refractivity contribution < 1.29 is 4.79 Å². The summed E-state index contributed by atoms with van der Waals surface area (Å²) in [5, 5.41) is 1.16. The van der Waals surface area contributed by atoms with Gasteiger partial charge >= 0.3 is 0 Å². The smallest absolute Gasteiger partial charge is 0.248 e. The van der Waals surface area contributed by atoms with E-state index in [4.69, 9.17) is 5.73 Å². The number of hydrogen-bond acceptors (Lipinski definition) is 2. The maximum absolute atomic E-state index is 10.6. The Balaban J connectivity index is 0.000000155. The van der Waals surface area contributed by atoms with Crippen molar-refractivity contribution in [1.29, 1.82) is 0 Å². The molecule has 0 unspecified atom stereocenters. The fourth-order valence-electron chi connectivity index (χ4n) is 1.92. The SMILES string of the molecule is Brc1cccc2ncccc12.Cc1ccccc1C(N)=O. The van der Waals surface area contributed by atoms with E-state index in [-0.39, 0.29) is 5.91 Å². The molecule has 2 N–H and O–H groups in total. The normalized spacial score (nSPS) is 9.81. The average Bonchev–Trinajstić information content (AvgIpc) is 2.49. The third-order valence-corrected chi connectivity index (χ3v) is 3.69. The van der Waals surface area contributed by atoms with E-state index in [0.29, 0.717) is 5.56 Å². The molecule has 106 valence electrons. The number of hydrogen-bond donors (Lipinski definition) is 1. The summed E-state index contributed by atoms with van der Waals surface area (Å²) in [4.78, 5) is 14.9. The van der Waals surface area contributed by atoms with E-state index in [9.17, 15) is 4.79 Å². The van der Waals surface area contributed by atoms with Crippen LogP contribution in [0, 0.1) is 6.92 Å². The van der Waals surface area contributed by atoms with E-state index in [1.54, 1.807) is 18.3 Å². The number of benzene rings is 2. The van der Waals surface area contributed by atoms with Gasteiger partial charge in [-0.25, -0.2) is 0 Å². The Hall–Kier alpha value is -2.20. The minimum absolute atomic E-state index is 0.363. The van der Waals surface area contributed by atoms with E-state index in [1.807, 2.05) is 49.4 Å². The van der Waals surface area contributed by atoms with Crippen LogP contribution in [0.3, 0.4) is 0 Å². The highest BCUT2D eigenvalue weighted by molar-refractivity contribution is 9.10. The number of pyridine rings is 1. The van der Waals surface area contributed by atoms with Crippen LogP contribution < -0.4 is 5.73 Å². The fourth-order valence-corrected chi connectivity index (χ4v) is 2.40. The molecular weight excluding hydrogens is 328 g/mol. The number of aryl methyl sites for hydroxylation is 1. The Morgan fingerprint density at radius 2 is 1.81 bits per heavy atom. The van der Waals surface area contributed by atoms with Crippen molar-refractivity contribution in [2.75, 3.05) is 0 Å². The molecule has 1 amide bonds. The van der Waals surface area contributed by atoms with Crippen LogP contribution in [0.4, 0.5) is 0 Å². The molecule has 0 saturated carbocycles. The van der Waals surface area contributed by atoms with Crippen LogP contribution in [-0.4, -0.2) is 10.9 Å². The first-order valence-electron chi connectivity index (χ1n) is 6.44. The maximum atomic E-state index is 10.6. The first-order valence-corrected chi connectivity index (χ1v) is 7.23. The Morgan fingerprint density at radius 3 is 2.43 bits per heavy atom. The van der Waals surface area contributed by atoms with Crippen LogP contribution >= 0.6 is 15.9 Å². The summed E-state index contributed by atoms with van der Waals surface area (Å²) in [5.41, 5.74) is 7.63. The van der Waals surface area contributed by atoms with E-state index >= 15 is 0 Å². The quantitative estimate of drug-likeness (QED) is 0.723. The van der Waals surface area contributed by atoms with Gasteiger partial charge in [0.25, 0.3) is 0 Å². The summed E-state index contributed by atoms with van der Waals surface area (Å²) >= 11 is 3.46. The molecule has 0 aliphatic heterocycles. The lowest BCUT2D eigenvalue weighted by Gasteiger charge is -1.97. The molecule has 0 aliphatic rings. The van der Waals surface area contributed by atoms with Gasteiger partial charge in [-0.3, -0.25) is 9.78 Å². The van der Waals surface area contributed by atoms with Gasteiger partial charge < -0.3 is 5.73 Å². The lowest BCUT2D eigenvalue weighted by molar-refractivity contribution is 0.0999. The van der Waals surface area contributed by atoms with E-state index in [1.165, 1.54) is 0 Å². The molecule has 4 heteroatoms. The van der Waals surface area contributed by atoms with Crippen LogP contribution in [0.2, 0.25) is 0 Å². The lowest BCUT2D eigenvalue weighted by atomic mass is 10.1. The molecule has 3 rings (SSSR count). The van der Waals surface area contributed by atoms with E-state index < -0.39 is 0 Å². The summed E-state index contributed by atoms with van der Waals surface area (Å²) in [5.74, 6) is -0.363. The molecule has 0 spiro atoms. The Morgan fingerprint density at radius 1 is 1.05 bits per heavy atom. The molecule has 0 fully saturated rings. The molecule has 0 radical (unpaired) electrons. The van der Waals surface area contributed by atoms with Crippen molar-refractivity contribution in [3.63, 3.8) is 0 Å². The number of nitrogens with zero attached hydrogens (tertiary/aromatic N) is 1. The third kappa shape index (κ3) is 3.89. The Bertz CT molecular complexity index is 766. The van der Waals surface area contributed by atoms with Gasteiger partial charge in [-0.15, -0.1) is 0 Å². The first-order chi connectivity index (χ1) is 10.1. The van der Waals surface area contributed by atoms with Gasteiger partial charge in [0, 0.05) is 21.6 Å². The van der Waals surface area contributed by atoms with Gasteiger partial charge in [0.1, 0.15) is 0 Å². The van der Waals surface area contributed by atoms with Gasteiger partial charge in [0.2, 0.25) is 5.91 Å². The minimum Gasteiger partial charge on any atom is -0.366 e. The lowest BCUT2D eigenvalue weighted by Crippen LogP contribution is -2.12. The van der Waals surface area contributed by atoms with Gasteiger partial charge in [-0.2, -0.15) is 0 Å². The summed E-state index contributed by atoms with van der Waals surface area (Å²) in [6.07, 6.45) is 1.80. The standard InChI is InChI=1S/C9H6BrN.C8H9NO/c10-8-4-1-5-9-7(8)3-2-6-11-9;1-6-4-2-3-5-7(6)8(9)10/h1-6H;2-5H,1H3,(H2,9,10). The van der Waals surface area contributed by atoms with Crippen LogP contribution in [0.15, 0.2) is 65.3 Å². The highest BCUT2D eigenvalue weighted by Crippen LogP contribution is 2.20. The molecule has 3 aromatic rings. The molecular formula is C17H15BrN2O. The van der Waals surface area contributed by atoms with Crippen molar-refractivity contribution >= 4 is 32.7 Å². The van der Waals surface area contributed by atoms with Crippen LogP contribution in [0.25, 0.3) is 10.9 Å². The van der Waals surface area contributed by atoms with Crippen LogP contribution in [0.1, 0.15) is 15.9 Å². The number of carbonyl (C=O) groups excluding carboxylic acids is 1. The maximum Gasteiger partial charge on any atom is 0.248 e. The van der Waals surface area contributed by atoms with Crippen molar-refractivity contribution in [3.8, 4) is 0 Å². The van der Waals surface area contributed by atoms with Gasteiger partial charge in [0.05, 0.1) is 5.52 Å². The number of rotatable bonds is 1. The molecule has 3 nitrogen and oxygen atoms in total. The van der Waals surface area contributed by atoms with E-state index in [2.05, 4.69) is 20.9 Å². The molecule has 0 bridgehead atoms. The molecule has 0 aliphatic carbocycles. The number of fused-ring (bicyclic) bond motifs is 1. The zero-order valence-electron chi connectivity index (χ0n) is 11.6. The Kier molecular flexibility index (Phi) is 5.06. The summed E-state index contributed by atoms with van der Waals surface area (Å²) in [7, 11) is 0. The Labute approximate surface area is 131 Å². The van der Waals surface area contributed by atoms with Crippen molar-refractivity contribution in [2.45, 2.75) is 6.92 Å². The number of primary amides is 1. The third-order valence-electron chi connectivity index (χ3n) is 3.00. The zero-order chi connectivity index (χ0) is 15.2. The van der Waals surface area contributed by atoms with Crippen LogP contribution in [-0.2, 0) is 0 Å². The predicted molar refractivity (Wildman–Crippen MR) is 89.1 cm³/mol. The summed E-state index contributed by atoms with van der Waals surface area (Å²) in [6.45, 7) is 1.86. The molecule has 21 heavy (non-hydrogen) atoms. The topological polar surface area (TPSA) is 56.0 Å². The van der Waals surface area contributed by atoms with Gasteiger partial charge in [0.15, 0.2) is 0 Å². The molecule has 1 heterocycles. The fraction of sp³-hybridized carbons (Fsp3) is 0.0588. The second-order valence-electron chi connectivity index (χ2n) is 4.49. The minimum atomic E-state index is -0.363. The number of halogens is 1. The summed E-state index contributed by atoms with van der Waals surface area (Å²) < 4.78 is 1.10. The van der Waals surface area contributed by atoms with Crippen molar-refractivity contribution in [1.82, 2.24) is 4.98 Å². The number of carbonyl (C=O) groups is 1.